The van der Waals surface area contributed by atoms with Crippen molar-refractivity contribution in [3.8, 4) is 23.4 Å². The standard InChI is InChI=1S/C16H15N5O3S/c17-8-11-3-5-13(6-4-11)24-9-12(22)10-25-16-20-19-15(21(16)18)14-2-1-7-23-14/h1-7,12,22H,9-10,18H2. The number of benzene rings is 1. The minimum Gasteiger partial charge on any atom is -0.491 e. The number of furan rings is 1. The molecule has 0 aliphatic heterocycles. The average molecular weight is 357 g/mol. The SMILES string of the molecule is N#Cc1ccc(OCC(O)CSc2nnc(-c3ccco3)n2N)cc1. The van der Waals surface area contributed by atoms with E-state index < -0.39 is 6.10 Å². The number of rotatable bonds is 7. The van der Waals surface area contributed by atoms with Gasteiger partial charge in [-0.2, -0.15) is 5.26 Å². The number of nitrogen functional groups attached to an aromatic ring is 1. The quantitative estimate of drug-likeness (QED) is 0.483. The second-order valence-electron chi connectivity index (χ2n) is 5.07. The van der Waals surface area contributed by atoms with E-state index in [4.69, 9.17) is 20.3 Å². The van der Waals surface area contributed by atoms with Crippen LogP contribution >= 0.6 is 11.8 Å². The Morgan fingerprint density at radius 2 is 2.12 bits per heavy atom. The van der Waals surface area contributed by atoms with Crippen molar-refractivity contribution in [1.82, 2.24) is 14.9 Å². The number of thioether (sulfide) groups is 1. The lowest BCUT2D eigenvalue weighted by molar-refractivity contribution is 0.126. The predicted molar refractivity (Wildman–Crippen MR) is 91.3 cm³/mol. The second kappa shape index (κ2) is 7.74. The molecule has 8 nitrogen and oxygen atoms in total. The smallest absolute Gasteiger partial charge is 0.218 e. The Balaban J connectivity index is 1.50. The third-order valence-corrected chi connectivity index (χ3v) is 4.32. The number of nitriles is 1. The molecule has 0 aliphatic carbocycles. The first kappa shape index (κ1) is 16.9. The maximum absolute atomic E-state index is 10.0. The van der Waals surface area contributed by atoms with Crippen LogP contribution in [0.5, 0.6) is 5.75 Å². The summed E-state index contributed by atoms with van der Waals surface area (Å²) in [5, 5.41) is 27.2. The van der Waals surface area contributed by atoms with Gasteiger partial charge in [-0.05, 0) is 36.4 Å². The molecular weight excluding hydrogens is 342 g/mol. The Kier molecular flexibility index (Phi) is 5.23. The molecule has 0 aliphatic rings. The molecule has 25 heavy (non-hydrogen) atoms. The first-order valence-electron chi connectivity index (χ1n) is 7.35. The maximum atomic E-state index is 10.0. The Morgan fingerprint density at radius 1 is 1.32 bits per heavy atom. The fourth-order valence-electron chi connectivity index (χ4n) is 1.99. The van der Waals surface area contributed by atoms with Crippen LogP contribution in [0.25, 0.3) is 11.6 Å². The fourth-order valence-corrected chi connectivity index (χ4v) is 2.75. The Bertz CT molecular complexity index is 855. The Morgan fingerprint density at radius 3 is 2.80 bits per heavy atom. The number of aromatic nitrogens is 3. The van der Waals surface area contributed by atoms with Gasteiger partial charge in [0.15, 0.2) is 5.76 Å². The normalized spacial score (nSPS) is 11.8. The summed E-state index contributed by atoms with van der Waals surface area (Å²) in [5.74, 6) is 7.80. The van der Waals surface area contributed by atoms with Gasteiger partial charge in [-0.15, -0.1) is 10.2 Å². The van der Waals surface area contributed by atoms with E-state index in [2.05, 4.69) is 10.2 Å². The summed E-state index contributed by atoms with van der Waals surface area (Å²) in [6.07, 6.45) is 0.811. The highest BCUT2D eigenvalue weighted by atomic mass is 32.2. The van der Waals surface area contributed by atoms with E-state index in [9.17, 15) is 5.11 Å². The predicted octanol–water partition coefficient (Wildman–Crippen LogP) is 1.66. The molecule has 1 aromatic carbocycles. The zero-order valence-corrected chi connectivity index (χ0v) is 13.9. The van der Waals surface area contributed by atoms with Gasteiger partial charge >= 0.3 is 0 Å². The lowest BCUT2D eigenvalue weighted by atomic mass is 10.2. The van der Waals surface area contributed by atoms with Crippen molar-refractivity contribution in [3.63, 3.8) is 0 Å². The van der Waals surface area contributed by atoms with E-state index in [1.165, 1.54) is 22.7 Å². The van der Waals surface area contributed by atoms with E-state index in [1.807, 2.05) is 6.07 Å². The molecule has 3 rings (SSSR count). The maximum Gasteiger partial charge on any atom is 0.218 e. The minimum atomic E-state index is -0.718. The molecule has 2 aromatic heterocycles. The lowest BCUT2D eigenvalue weighted by Crippen LogP contribution is -2.21. The molecule has 0 radical (unpaired) electrons. The van der Waals surface area contributed by atoms with E-state index >= 15 is 0 Å². The van der Waals surface area contributed by atoms with Gasteiger partial charge in [0.25, 0.3) is 0 Å². The number of hydrogen-bond acceptors (Lipinski definition) is 8. The molecule has 0 amide bonds. The third kappa shape index (κ3) is 4.12. The highest BCUT2D eigenvalue weighted by Crippen LogP contribution is 2.22. The summed E-state index contributed by atoms with van der Waals surface area (Å²) in [5.41, 5.74) is 0.554. The van der Waals surface area contributed by atoms with Crippen molar-refractivity contribution in [1.29, 1.82) is 5.26 Å². The number of hydrogen-bond donors (Lipinski definition) is 2. The molecular formula is C16H15N5O3S. The summed E-state index contributed by atoms with van der Waals surface area (Å²) < 4.78 is 12.0. The van der Waals surface area contributed by atoms with Crippen LogP contribution < -0.4 is 10.6 Å². The largest absolute Gasteiger partial charge is 0.491 e. The number of aliphatic hydroxyl groups excluding tert-OH is 1. The molecule has 0 saturated heterocycles. The lowest BCUT2D eigenvalue weighted by Gasteiger charge is -2.11. The van der Waals surface area contributed by atoms with Crippen LogP contribution in [0.1, 0.15) is 5.56 Å². The third-order valence-electron chi connectivity index (χ3n) is 3.24. The summed E-state index contributed by atoms with van der Waals surface area (Å²) in [6.45, 7) is 0.114. The van der Waals surface area contributed by atoms with E-state index in [-0.39, 0.29) is 6.61 Å². The minimum absolute atomic E-state index is 0.114. The van der Waals surface area contributed by atoms with Gasteiger partial charge in [0.2, 0.25) is 11.0 Å². The van der Waals surface area contributed by atoms with Gasteiger partial charge in [-0.1, -0.05) is 11.8 Å². The van der Waals surface area contributed by atoms with Crippen LogP contribution in [0.15, 0.2) is 52.2 Å². The topological polar surface area (TPSA) is 123 Å². The molecule has 1 atom stereocenters. The zero-order valence-electron chi connectivity index (χ0n) is 13.1. The number of nitrogens with two attached hydrogens (primary N) is 1. The number of nitrogens with zero attached hydrogens (tertiary/aromatic N) is 4. The van der Waals surface area contributed by atoms with Gasteiger partial charge in [0.05, 0.1) is 24.0 Å². The van der Waals surface area contributed by atoms with E-state index in [1.54, 1.807) is 36.4 Å². The molecule has 3 N–H and O–H groups in total. The van der Waals surface area contributed by atoms with Crippen LogP contribution in [0.3, 0.4) is 0 Å². The van der Waals surface area contributed by atoms with E-state index in [0.717, 1.165) is 0 Å². The van der Waals surface area contributed by atoms with Crippen LogP contribution in [0.4, 0.5) is 0 Å². The molecule has 0 bridgehead atoms. The molecule has 1 unspecified atom stereocenters. The summed E-state index contributed by atoms with van der Waals surface area (Å²) in [7, 11) is 0. The molecule has 0 fully saturated rings. The summed E-state index contributed by atoms with van der Waals surface area (Å²) in [6, 6.07) is 12.2. The zero-order chi connectivity index (χ0) is 17.6. The van der Waals surface area contributed by atoms with Gasteiger partial charge in [0.1, 0.15) is 12.4 Å². The summed E-state index contributed by atoms with van der Waals surface area (Å²) >= 11 is 1.26. The van der Waals surface area contributed by atoms with Crippen molar-refractivity contribution in [3.05, 3.63) is 48.2 Å². The van der Waals surface area contributed by atoms with Crippen molar-refractivity contribution in [2.75, 3.05) is 18.2 Å². The Hall–Kier alpha value is -2.96. The van der Waals surface area contributed by atoms with Gasteiger partial charge < -0.3 is 20.1 Å². The fraction of sp³-hybridized carbons (Fsp3) is 0.188. The second-order valence-corrected chi connectivity index (χ2v) is 6.05. The monoisotopic (exact) mass is 357 g/mol. The molecule has 9 heteroatoms. The molecule has 0 spiro atoms. The van der Waals surface area contributed by atoms with Gasteiger partial charge in [0, 0.05) is 5.75 Å². The van der Waals surface area contributed by atoms with Crippen molar-refractivity contribution >= 4 is 11.8 Å². The average Bonchev–Trinajstić information content (AvgIpc) is 3.28. The van der Waals surface area contributed by atoms with Crippen LogP contribution in [-0.4, -0.2) is 38.4 Å². The molecule has 3 aromatic rings. The Labute approximate surface area is 147 Å². The van der Waals surface area contributed by atoms with Gasteiger partial charge in [-0.3, -0.25) is 0 Å². The summed E-state index contributed by atoms with van der Waals surface area (Å²) in [4.78, 5) is 0. The van der Waals surface area contributed by atoms with Crippen LogP contribution in [-0.2, 0) is 0 Å². The first-order valence-corrected chi connectivity index (χ1v) is 8.34. The van der Waals surface area contributed by atoms with Gasteiger partial charge in [-0.25, -0.2) is 4.68 Å². The van der Waals surface area contributed by atoms with E-state index in [0.29, 0.717) is 33.8 Å². The number of ether oxygens (including phenoxy) is 1. The van der Waals surface area contributed by atoms with Crippen molar-refractivity contribution < 1.29 is 14.3 Å². The first-order chi connectivity index (χ1) is 12.2. The number of aliphatic hydroxyl groups is 1. The highest BCUT2D eigenvalue weighted by molar-refractivity contribution is 7.99. The van der Waals surface area contributed by atoms with Crippen molar-refractivity contribution in [2.45, 2.75) is 11.3 Å². The highest BCUT2D eigenvalue weighted by Gasteiger charge is 2.16. The van der Waals surface area contributed by atoms with Crippen LogP contribution in [0.2, 0.25) is 0 Å². The van der Waals surface area contributed by atoms with Crippen LogP contribution in [0, 0.1) is 11.3 Å². The van der Waals surface area contributed by atoms with Crippen molar-refractivity contribution in [2.24, 2.45) is 0 Å². The molecule has 0 saturated carbocycles. The molecule has 128 valence electrons. The molecule has 2 heterocycles.